The van der Waals surface area contributed by atoms with E-state index in [1.165, 1.54) is 0 Å². The van der Waals surface area contributed by atoms with Crippen molar-refractivity contribution >= 4 is 5.91 Å². The first kappa shape index (κ1) is 12.5. The first-order valence-corrected chi connectivity index (χ1v) is 5.74. The van der Waals surface area contributed by atoms with Gasteiger partial charge in [-0.3, -0.25) is 4.79 Å². The highest BCUT2D eigenvalue weighted by molar-refractivity contribution is 5.76. The van der Waals surface area contributed by atoms with Crippen LogP contribution in [0.5, 0.6) is 0 Å². The van der Waals surface area contributed by atoms with Crippen molar-refractivity contribution in [2.45, 2.75) is 44.6 Å². The van der Waals surface area contributed by atoms with Crippen molar-refractivity contribution in [3.8, 4) is 0 Å². The predicted octanol–water partition coefficient (Wildman–Crippen LogP) is 0.393. The molecule has 4 N–H and O–H groups in total. The molecule has 1 aliphatic rings. The Morgan fingerprint density at radius 1 is 1.60 bits per heavy atom. The molecule has 0 radical (unpaired) electrons. The molecule has 1 atom stereocenters. The molecule has 0 spiro atoms. The van der Waals surface area contributed by atoms with Gasteiger partial charge in [0, 0.05) is 6.42 Å². The van der Waals surface area contributed by atoms with Crippen LogP contribution in [0.25, 0.3) is 0 Å². The second-order valence-corrected chi connectivity index (χ2v) is 4.72. The molecule has 1 amide bonds. The molecule has 0 aliphatic heterocycles. The lowest BCUT2D eigenvalue weighted by Gasteiger charge is -2.41. The summed E-state index contributed by atoms with van der Waals surface area (Å²) in [5.41, 5.74) is 5.17. The first-order valence-electron chi connectivity index (χ1n) is 5.74. The zero-order valence-corrected chi connectivity index (χ0v) is 9.46. The summed E-state index contributed by atoms with van der Waals surface area (Å²) in [5, 5.41) is 12.1. The minimum Gasteiger partial charge on any atom is -0.394 e. The smallest absolute Gasteiger partial charge is 0.220 e. The molecule has 1 aliphatic carbocycles. The van der Waals surface area contributed by atoms with Crippen molar-refractivity contribution in [1.29, 1.82) is 0 Å². The number of amides is 1. The molecule has 1 rings (SSSR count). The SMILES string of the molecule is CC(CN)CCC(=O)NC1(CO)CCC1. The summed E-state index contributed by atoms with van der Waals surface area (Å²) in [5.74, 6) is 0.436. The summed E-state index contributed by atoms with van der Waals surface area (Å²) in [4.78, 5) is 11.6. The minimum absolute atomic E-state index is 0.0454. The van der Waals surface area contributed by atoms with Gasteiger partial charge in [0.05, 0.1) is 12.1 Å². The summed E-state index contributed by atoms with van der Waals surface area (Å²) < 4.78 is 0. The highest BCUT2D eigenvalue weighted by Crippen LogP contribution is 2.31. The van der Waals surface area contributed by atoms with E-state index >= 15 is 0 Å². The van der Waals surface area contributed by atoms with Gasteiger partial charge >= 0.3 is 0 Å². The van der Waals surface area contributed by atoms with Gasteiger partial charge in [-0.2, -0.15) is 0 Å². The van der Waals surface area contributed by atoms with Crippen LogP contribution in [0.3, 0.4) is 0 Å². The van der Waals surface area contributed by atoms with Gasteiger partial charge in [-0.25, -0.2) is 0 Å². The van der Waals surface area contributed by atoms with Crippen LogP contribution in [-0.4, -0.2) is 29.7 Å². The Labute approximate surface area is 91.2 Å². The molecule has 1 fully saturated rings. The molecular weight excluding hydrogens is 192 g/mol. The molecule has 0 aromatic rings. The summed E-state index contributed by atoms with van der Waals surface area (Å²) >= 11 is 0. The Hall–Kier alpha value is -0.610. The molecule has 0 saturated heterocycles. The first-order chi connectivity index (χ1) is 7.12. The third kappa shape index (κ3) is 3.47. The number of nitrogens with two attached hydrogens (primary N) is 1. The maximum absolute atomic E-state index is 11.6. The molecule has 0 aromatic carbocycles. The number of hydrogen-bond donors (Lipinski definition) is 3. The van der Waals surface area contributed by atoms with Crippen LogP contribution in [0.15, 0.2) is 0 Å². The monoisotopic (exact) mass is 214 g/mol. The third-order valence-electron chi connectivity index (χ3n) is 3.28. The fourth-order valence-corrected chi connectivity index (χ4v) is 1.78. The van der Waals surface area contributed by atoms with Crippen LogP contribution >= 0.6 is 0 Å². The van der Waals surface area contributed by atoms with Crippen molar-refractivity contribution in [2.24, 2.45) is 11.7 Å². The number of aliphatic hydroxyl groups excluding tert-OH is 1. The van der Waals surface area contributed by atoms with Crippen LogP contribution in [0.4, 0.5) is 0 Å². The summed E-state index contributed by atoms with van der Waals surface area (Å²) in [6, 6.07) is 0. The number of rotatable bonds is 6. The molecule has 15 heavy (non-hydrogen) atoms. The van der Waals surface area contributed by atoms with Crippen LogP contribution in [0, 0.1) is 5.92 Å². The van der Waals surface area contributed by atoms with Gasteiger partial charge in [-0.1, -0.05) is 6.92 Å². The van der Waals surface area contributed by atoms with Gasteiger partial charge in [-0.05, 0) is 38.1 Å². The van der Waals surface area contributed by atoms with E-state index in [1.54, 1.807) is 0 Å². The van der Waals surface area contributed by atoms with E-state index in [0.717, 1.165) is 25.7 Å². The minimum atomic E-state index is -0.303. The highest BCUT2D eigenvalue weighted by atomic mass is 16.3. The van der Waals surface area contributed by atoms with E-state index in [2.05, 4.69) is 5.32 Å². The lowest BCUT2D eigenvalue weighted by atomic mass is 9.77. The molecule has 1 saturated carbocycles. The van der Waals surface area contributed by atoms with E-state index < -0.39 is 0 Å². The van der Waals surface area contributed by atoms with Gasteiger partial charge in [0.15, 0.2) is 0 Å². The van der Waals surface area contributed by atoms with Crippen LogP contribution in [0.2, 0.25) is 0 Å². The van der Waals surface area contributed by atoms with Crippen molar-refractivity contribution in [2.75, 3.05) is 13.2 Å². The average Bonchev–Trinajstić information content (AvgIpc) is 2.20. The van der Waals surface area contributed by atoms with Gasteiger partial charge < -0.3 is 16.2 Å². The van der Waals surface area contributed by atoms with Crippen LogP contribution < -0.4 is 11.1 Å². The molecule has 0 heterocycles. The molecule has 4 nitrogen and oxygen atoms in total. The van der Waals surface area contributed by atoms with Crippen LogP contribution in [0.1, 0.15) is 39.0 Å². The van der Waals surface area contributed by atoms with E-state index in [-0.39, 0.29) is 18.1 Å². The Morgan fingerprint density at radius 3 is 2.67 bits per heavy atom. The van der Waals surface area contributed by atoms with Crippen molar-refractivity contribution in [3.63, 3.8) is 0 Å². The largest absolute Gasteiger partial charge is 0.394 e. The second-order valence-electron chi connectivity index (χ2n) is 4.72. The average molecular weight is 214 g/mol. The standard InChI is InChI=1S/C11H22N2O2/c1-9(7-12)3-4-10(15)13-11(8-14)5-2-6-11/h9,14H,2-8,12H2,1H3,(H,13,15). The fraction of sp³-hybridized carbons (Fsp3) is 0.909. The predicted molar refractivity (Wildman–Crippen MR) is 59.3 cm³/mol. The van der Waals surface area contributed by atoms with E-state index in [9.17, 15) is 9.90 Å². The molecule has 1 unspecified atom stereocenters. The summed E-state index contributed by atoms with van der Waals surface area (Å²) in [6.07, 6.45) is 4.24. The molecule has 4 heteroatoms. The molecule has 0 bridgehead atoms. The third-order valence-corrected chi connectivity index (χ3v) is 3.28. The summed E-state index contributed by atoms with van der Waals surface area (Å²) in [7, 11) is 0. The molecule has 88 valence electrons. The Balaban J connectivity index is 2.23. The number of nitrogens with one attached hydrogen (secondary N) is 1. The quantitative estimate of drug-likeness (QED) is 0.599. The number of aliphatic hydroxyl groups is 1. The van der Waals surface area contributed by atoms with Crippen LogP contribution in [-0.2, 0) is 4.79 Å². The van der Waals surface area contributed by atoms with E-state index in [0.29, 0.717) is 18.9 Å². The second kappa shape index (κ2) is 5.47. The van der Waals surface area contributed by atoms with Crippen molar-refractivity contribution in [3.05, 3.63) is 0 Å². The van der Waals surface area contributed by atoms with Gasteiger partial charge in [0.2, 0.25) is 5.91 Å². The maximum atomic E-state index is 11.6. The molecule has 0 aromatic heterocycles. The molecular formula is C11H22N2O2. The zero-order valence-electron chi connectivity index (χ0n) is 9.46. The van der Waals surface area contributed by atoms with E-state index in [1.807, 2.05) is 6.92 Å². The topological polar surface area (TPSA) is 75.4 Å². The Bertz CT molecular complexity index is 209. The van der Waals surface area contributed by atoms with Crippen molar-refractivity contribution in [1.82, 2.24) is 5.32 Å². The number of carbonyl (C=O) groups excluding carboxylic acids is 1. The lowest BCUT2D eigenvalue weighted by molar-refractivity contribution is -0.125. The fourth-order valence-electron chi connectivity index (χ4n) is 1.78. The van der Waals surface area contributed by atoms with Gasteiger partial charge in [-0.15, -0.1) is 0 Å². The normalized spacial score (nSPS) is 20.5. The Kier molecular flexibility index (Phi) is 4.54. The number of hydrogen-bond acceptors (Lipinski definition) is 3. The Morgan fingerprint density at radius 2 is 2.27 bits per heavy atom. The zero-order chi connectivity index (χ0) is 11.3. The maximum Gasteiger partial charge on any atom is 0.220 e. The van der Waals surface area contributed by atoms with Gasteiger partial charge in [0.25, 0.3) is 0 Å². The highest BCUT2D eigenvalue weighted by Gasteiger charge is 2.37. The van der Waals surface area contributed by atoms with E-state index in [4.69, 9.17) is 5.73 Å². The van der Waals surface area contributed by atoms with Gasteiger partial charge in [0.1, 0.15) is 0 Å². The number of carbonyl (C=O) groups is 1. The van der Waals surface area contributed by atoms with Crippen molar-refractivity contribution < 1.29 is 9.90 Å². The summed E-state index contributed by atoms with van der Waals surface area (Å²) in [6.45, 7) is 2.72. The lowest BCUT2D eigenvalue weighted by Crippen LogP contribution is -2.56.